The molecule has 2 rings (SSSR count). The molecule has 0 aliphatic rings. The lowest BCUT2D eigenvalue weighted by atomic mass is 9.72. The molecular weight excluding hydrogens is 378 g/mol. The van der Waals surface area contributed by atoms with E-state index in [2.05, 4.69) is 56.8 Å². The molecular formula is C25H33NO4. The Morgan fingerprint density at radius 1 is 0.933 bits per heavy atom. The van der Waals surface area contributed by atoms with Crippen molar-refractivity contribution in [2.45, 2.75) is 46.5 Å². The van der Waals surface area contributed by atoms with E-state index >= 15 is 0 Å². The molecule has 0 heterocycles. The first-order chi connectivity index (χ1) is 14.0. The smallest absolute Gasteiger partial charge is 0.337 e. The highest BCUT2D eigenvalue weighted by Crippen LogP contribution is 2.36. The summed E-state index contributed by atoms with van der Waals surface area (Å²) in [6.07, 6.45) is 1.09. The molecule has 0 aromatic heterocycles. The number of carbonyl (C=O) groups excluding carboxylic acids is 2. The summed E-state index contributed by atoms with van der Waals surface area (Å²) in [5, 5.41) is 2.80. The fraction of sp³-hybridized carbons (Fsp3) is 0.440. The van der Waals surface area contributed by atoms with Crippen molar-refractivity contribution in [3.63, 3.8) is 0 Å². The maximum absolute atomic E-state index is 12.3. The number of amides is 1. The van der Waals surface area contributed by atoms with Gasteiger partial charge in [0.05, 0.1) is 19.2 Å². The molecule has 5 nitrogen and oxygen atoms in total. The van der Waals surface area contributed by atoms with Gasteiger partial charge in [0.1, 0.15) is 12.4 Å². The number of hydrogen-bond acceptors (Lipinski definition) is 4. The molecule has 5 heteroatoms. The Hall–Kier alpha value is -2.82. The highest BCUT2D eigenvalue weighted by molar-refractivity contribution is 5.97. The SMILES string of the molecule is COC(=O)c1cccc(C(=O)NCCOc2ccc(C(C)(C)CC(C)(C)C)cc2)c1. The third-order valence-corrected chi connectivity index (χ3v) is 4.81. The van der Waals surface area contributed by atoms with Crippen LogP contribution < -0.4 is 10.1 Å². The zero-order valence-corrected chi connectivity index (χ0v) is 18.9. The fourth-order valence-electron chi connectivity index (χ4n) is 3.77. The predicted molar refractivity (Wildman–Crippen MR) is 119 cm³/mol. The van der Waals surface area contributed by atoms with Crippen LogP contribution >= 0.6 is 0 Å². The number of benzene rings is 2. The molecule has 2 aromatic carbocycles. The van der Waals surface area contributed by atoms with Gasteiger partial charge in [-0.1, -0.05) is 52.8 Å². The lowest BCUT2D eigenvalue weighted by Gasteiger charge is -2.33. The molecule has 30 heavy (non-hydrogen) atoms. The summed E-state index contributed by atoms with van der Waals surface area (Å²) in [4.78, 5) is 23.9. The van der Waals surface area contributed by atoms with E-state index in [-0.39, 0.29) is 16.7 Å². The number of hydrogen-bond donors (Lipinski definition) is 1. The quantitative estimate of drug-likeness (QED) is 0.491. The van der Waals surface area contributed by atoms with E-state index in [0.717, 1.165) is 12.2 Å². The van der Waals surface area contributed by atoms with Crippen molar-refractivity contribution in [1.82, 2.24) is 5.32 Å². The van der Waals surface area contributed by atoms with E-state index in [0.29, 0.717) is 24.3 Å². The number of methoxy groups -OCH3 is 1. The first-order valence-electron chi connectivity index (χ1n) is 10.2. The van der Waals surface area contributed by atoms with E-state index in [1.807, 2.05) is 12.1 Å². The molecule has 1 amide bonds. The molecule has 0 saturated heterocycles. The van der Waals surface area contributed by atoms with Gasteiger partial charge in [0.15, 0.2) is 0 Å². The minimum absolute atomic E-state index is 0.0868. The maximum atomic E-state index is 12.3. The average molecular weight is 412 g/mol. The van der Waals surface area contributed by atoms with Crippen LogP contribution in [0.5, 0.6) is 5.75 Å². The Bertz CT molecular complexity index is 863. The van der Waals surface area contributed by atoms with Crippen LogP contribution in [-0.2, 0) is 10.2 Å². The molecule has 0 spiro atoms. The van der Waals surface area contributed by atoms with Crippen molar-refractivity contribution in [3.8, 4) is 5.75 Å². The minimum atomic E-state index is -0.470. The van der Waals surface area contributed by atoms with Crippen molar-refractivity contribution in [1.29, 1.82) is 0 Å². The molecule has 0 aliphatic heterocycles. The standard InChI is InChI=1S/C25H33NO4/c1-24(2,3)17-25(4,5)20-10-12-21(13-11-20)30-15-14-26-22(27)18-8-7-9-19(16-18)23(28)29-6/h7-13,16H,14-15,17H2,1-6H3,(H,26,27). The van der Waals surface area contributed by atoms with Gasteiger partial charge in [-0.3, -0.25) is 4.79 Å². The molecule has 1 N–H and O–H groups in total. The highest BCUT2D eigenvalue weighted by atomic mass is 16.5. The molecule has 0 fully saturated rings. The second-order valence-corrected chi connectivity index (χ2v) is 9.32. The van der Waals surface area contributed by atoms with Crippen molar-refractivity contribution in [3.05, 3.63) is 65.2 Å². The van der Waals surface area contributed by atoms with Gasteiger partial charge >= 0.3 is 5.97 Å². The lowest BCUT2D eigenvalue weighted by molar-refractivity contribution is 0.0600. The molecule has 0 bridgehead atoms. The summed E-state index contributed by atoms with van der Waals surface area (Å²) in [7, 11) is 1.31. The third-order valence-electron chi connectivity index (χ3n) is 4.81. The van der Waals surface area contributed by atoms with E-state index in [1.165, 1.54) is 18.7 Å². The molecule has 0 atom stereocenters. The van der Waals surface area contributed by atoms with Crippen LogP contribution in [0.2, 0.25) is 0 Å². The number of carbonyl (C=O) groups is 2. The van der Waals surface area contributed by atoms with E-state index in [4.69, 9.17) is 4.74 Å². The summed E-state index contributed by atoms with van der Waals surface area (Å²) in [6, 6.07) is 14.6. The molecule has 0 aliphatic carbocycles. The second-order valence-electron chi connectivity index (χ2n) is 9.32. The normalized spacial score (nSPS) is 11.7. The Morgan fingerprint density at radius 3 is 2.17 bits per heavy atom. The summed E-state index contributed by atoms with van der Waals surface area (Å²) in [5.41, 5.74) is 2.37. The Kier molecular flexibility index (Phi) is 7.65. The van der Waals surface area contributed by atoms with Gasteiger partial charge in [-0.2, -0.15) is 0 Å². The van der Waals surface area contributed by atoms with Crippen LogP contribution in [0.15, 0.2) is 48.5 Å². The van der Waals surface area contributed by atoms with Crippen LogP contribution in [0.25, 0.3) is 0 Å². The zero-order valence-electron chi connectivity index (χ0n) is 18.9. The Balaban J connectivity index is 1.85. The summed E-state index contributed by atoms with van der Waals surface area (Å²) in [5.74, 6) is 0.0398. The predicted octanol–water partition coefficient (Wildman–Crippen LogP) is 5.00. The van der Waals surface area contributed by atoms with Crippen LogP contribution in [0.3, 0.4) is 0 Å². The van der Waals surface area contributed by atoms with Crippen LogP contribution in [0.4, 0.5) is 0 Å². The number of nitrogens with one attached hydrogen (secondary N) is 1. The van der Waals surface area contributed by atoms with E-state index in [9.17, 15) is 9.59 Å². The molecule has 2 aromatic rings. The van der Waals surface area contributed by atoms with Crippen molar-refractivity contribution >= 4 is 11.9 Å². The first-order valence-corrected chi connectivity index (χ1v) is 10.2. The molecule has 0 saturated carbocycles. The number of ether oxygens (including phenoxy) is 2. The van der Waals surface area contributed by atoms with Gasteiger partial charge in [-0.15, -0.1) is 0 Å². The van der Waals surface area contributed by atoms with Crippen molar-refractivity contribution in [2.24, 2.45) is 5.41 Å². The third kappa shape index (κ3) is 6.90. The van der Waals surface area contributed by atoms with Gasteiger partial charge in [-0.05, 0) is 53.1 Å². The van der Waals surface area contributed by atoms with E-state index < -0.39 is 5.97 Å². The van der Waals surface area contributed by atoms with Gasteiger partial charge in [0.2, 0.25) is 0 Å². The van der Waals surface area contributed by atoms with Gasteiger partial charge in [0.25, 0.3) is 5.91 Å². The fourth-order valence-corrected chi connectivity index (χ4v) is 3.77. The van der Waals surface area contributed by atoms with Gasteiger partial charge < -0.3 is 14.8 Å². The summed E-state index contributed by atoms with van der Waals surface area (Å²) >= 11 is 0. The van der Waals surface area contributed by atoms with Crippen LogP contribution in [-0.4, -0.2) is 32.1 Å². The van der Waals surface area contributed by atoms with Gasteiger partial charge in [0, 0.05) is 5.56 Å². The lowest BCUT2D eigenvalue weighted by Crippen LogP contribution is -2.28. The second kappa shape index (κ2) is 9.79. The first kappa shape index (κ1) is 23.5. The van der Waals surface area contributed by atoms with Crippen LogP contribution in [0, 0.1) is 5.41 Å². The highest BCUT2D eigenvalue weighted by Gasteiger charge is 2.27. The minimum Gasteiger partial charge on any atom is -0.492 e. The summed E-state index contributed by atoms with van der Waals surface area (Å²) in [6.45, 7) is 12.0. The van der Waals surface area contributed by atoms with Gasteiger partial charge in [-0.25, -0.2) is 4.79 Å². The van der Waals surface area contributed by atoms with Crippen molar-refractivity contribution < 1.29 is 19.1 Å². The Morgan fingerprint density at radius 2 is 1.57 bits per heavy atom. The number of esters is 1. The molecule has 0 radical (unpaired) electrons. The maximum Gasteiger partial charge on any atom is 0.337 e. The summed E-state index contributed by atoms with van der Waals surface area (Å²) < 4.78 is 10.4. The zero-order chi connectivity index (χ0) is 22.4. The number of rotatable bonds is 8. The van der Waals surface area contributed by atoms with E-state index in [1.54, 1.807) is 18.2 Å². The largest absolute Gasteiger partial charge is 0.492 e. The molecule has 162 valence electrons. The van der Waals surface area contributed by atoms with Crippen LogP contribution in [0.1, 0.15) is 67.3 Å². The Labute approximate surface area is 179 Å². The monoisotopic (exact) mass is 411 g/mol. The average Bonchev–Trinajstić information content (AvgIpc) is 2.69. The van der Waals surface area contributed by atoms with Crippen molar-refractivity contribution in [2.75, 3.05) is 20.3 Å². The molecule has 0 unspecified atom stereocenters. The topological polar surface area (TPSA) is 64.6 Å².